The van der Waals surface area contributed by atoms with E-state index >= 15 is 0 Å². The van der Waals surface area contributed by atoms with Crippen LogP contribution in [0.2, 0.25) is 0 Å². The number of carbonyl (C=O) groups is 1. The lowest BCUT2D eigenvalue weighted by Crippen LogP contribution is -2.20. The van der Waals surface area contributed by atoms with Crippen molar-refractivity contribution >= 4 is 33.3 Å². The van der Waals surface area contributed by atoms with Gasteiger partial charge in [-0.3, -0.25) is 14.9 Å². The van der Waals surface area contributed by atoms with Crippen molar-refractivity contribution in [3.63, 3.8) is 0 Å². The molecule has 31 heavy (non-hydrogen) atoms. The van der Waals surface area contributed by atoms with Gasteiger partial charge in [-0.2, -0.15) is 0 Å². The molecule has 4 rings (SSSR count). The maximum atomic E-state index is 13.1. The Morgan fingerprint density at radius 1 is 1.13 bits per heavy atom. The van der Waals surface area contributed by atoms with Crippen molar-refractivity contribution in [3.05, 3.63) is 69.5 Å². The summed E-state index contributed by atoms with van der Waals surface area (Å²) >= 11 is 1.39. The number of hydrogen-bond donors (Lipinski definition) is 1. The Bertz CT molecular complexity index is 1310. The van der Waals surface area contributed by atoms with Gasteiger partial charge in [0.2, 0.25) is 5.43 Å². The van der Waals surface area contributed by atoms with Crippen molar-refractivity contribution in [2.45, 2.75) is 13.8 Å². The number of thiazole rings is 1. The highest BCUT2D eigenvalue weighted by molar-refractivity contribution is 7.15. The molecule has 0 saturated heterocycles. The molecular weight excluding hydrogens is 416 g/mol. The Kier molecular flexibility index (Phi) is 5.73. The number of methoxy groups -OCH3 is 1. The van der Waals surface area contributed by atoms with Crippen LogP contribution in [-0.4, -0.2) is 24.6 Å². The summed E-state index contributed by atoms with van der Waals surface area (Å²) < 4.78 is 16.7. The van der Waals surface area contributed by atoms with Crippen LogP contribution < -0.4 is 20.2 Å². The molecule has 0 bridgehead atoms. The number of aromatic nitrogens is 1. The molecule has 0 aliphatic carbocycles. The number of fused-ring (bicyclic) bond motifs is 1. The predicted molar refractivity (Wildman–Crippen MR) is 120 cm³/mol. The molecule has 4 aromatic rings. The van der Waals surface area contributed by atoms with Gasteiger partial charge in [0.25, 0.3) is 5.91 Å². The molecule has 1 amide bonds. The van der Waals surface area contributed by atoms with Crippen LogP contribution >= 0.6 is 11.3 Å². The average molecular weight is 436 g/mol. The van der Waals surface area contributed by atoms with E-state index < -0.39 is 0 Å². The van der Waals surface area contributed by atoms with Crippen LogP contribution in [0, 0.1) is 13.8 Å². The second-order valence-electron chi connectivity index (χ2n) is 6.86. The monoisotopic (exact) mass is 436 g/mol. The third kappa shape index (κ3) is 4.44. The van der Waals surface area contributed by atoms with Gasteiger partial charge in [0.15, 0.2) is 11.7 Å². The fourth-order valence-corrected chi connectivity index (χ4v) is 3.86. The number of nitrogens with zero attached hydrogens (tertiary/aromatic N) is 1. The van der Waals surface area contributed by atoms with Crippen molar-refractivity contribution < 1.29 is 18.7 Å². The first kappa shape index (κ1) is 20.6. The first-order valence-corrected chi connectivity index (χ1v) is 10.3. The third-order valence-corrected chi connectivity index (χ3v) is 5.48. The molecule has 0 unspecified atom stereocenters. The van der Waals surface area contributed by atoms with E-state index in [1.54, 1.807) is 50.6 Å². The van der Waals surface area contributed by atoms with Crippen LogP contribution in [0.5, 0.6) is 11.5 Å². The predicted octanol–water partition coefficient (Wildman–Crippen LogP) is 4.56. The van der Waals surface area contributed by atoms with E-state index in [1.165, 1.54) is 11.3 Å². The molecule has 0 aliphatic heterocycles. The van der Waals surface area contributed by atoms with Gasteiger partial charge < -0.3 is 13.9 Å². The Hall–Kier alpha value is -3.65. The van der Waals surface area contributed by atoms with Gasteiger partial charge in [-0.05, 0) is 43.7 Å². The molecule has 2 aromatic heterocycles. The summed E-state index contributed by atoms with van der Waals surface area (Å²) in [4.78, 5) is 30.2. The van der Waals surface area contributed by atoms with E-state index in [-0.39, 0.29) is 17.9 Å². The maximum absolute atomic E-state index is 13.1. The number of carbonyl (C=O) groups excluding carboxylic acids is 1. The zero-order valence-corrected chi connectivity index (χ0v) is 18.0. The number of anilines is 1. The molecule has 0 fully saturated rings. The molecule has 0 saturated carbocycles. The molecule has 2 aromatic carbocycles. The smallest absolute Gasteiger partial charge is 0.264 e. The number of ether oxygens (including phenoxy) is 2. The fourth-order valence-electron chi connectivity index (χ4n) is 3.18. The zero-order valence-electron chi connectivity index (χ0n) is 17.2. The van der Waals surface area contributed by atoms with Gasteiger partial charge >= 0.3 is 0 Å². The minimum absolute atomic E-state index is 0.132. The molecule has 7 nitrogen and oxygen atoms in total. The first-order chi connectivity index (χ1) is 14.9. The van der Waals surface area contributed by atoms with Crippen LogP contribution in [0.15, 0.2) is 57.9 Å². The first-order valence-electron chi connectivity index (χ1n) is 9.51. The van der Waals surface area contributed by atoms with Gasteiger partial charge in [-0.1, -0.05) is 12.1 Å². The van der Waals surface area contributed by atoms with Gasteiger partial charge in [0, 0.05) is 17.1 Å². The molecule has 0 spiro atoms. The SMILES string of the molecule is COc1ccc(-c2c(C)oc3cc(OCC(=O)Nc4ncc(C)s4)ccc3c2=O)cc1. The van der Waals surface area contributed by atoms with Crippen LogP contribution in [-0.2, 0) is 4.79 Å². The van der Waals surface area contributed by atoms with E-state index in [0.717, 1.165) is 10.4 Å². The van der Waals surface area contributed by atoms with Crippen molar-refractivity contribution in [1.82, 2.24) is 4.98 Å². The lowest BCUT2D eigenvalue weighted by molar-refractivity contribution is -0.118. The molecule has 1 N–H and O–H groups in total. The molecule has 8 heteroatoms. The second-order valence-corrected chi connectivity index (χ2v) is 8.10. The quantitative estimate of drug-likeness (QED) is 0.477. The lowest BCUT2D eigenvalue weighted by Gasteiger charge is -2.10. The Morgan fingerprint density at radius 3 is 2.55 bits per heavy atom. The van der Waals surface area contributed by atoms with E-state index in [9.17, 15) is 9.59 Å². The molecule has 0 atom stereocenters. The number of benzene rings is 2. The lowest BCUT2D eigenvalue weighted by atomic mass is 10.0. The summed E-state index contributed by atoms with van der Waals surface area (Å²) in [7, 11) is 1.59. The van der Waals surface area contributed by atoms with E-state index in [4.69, 9.17) is 13.9 Å². The topological polar surface area (TPSA) is 90.7 Å². The van der Waals surface area contributed by atoms with E-state index in [1.807, 2.05) is 19.1 Å². The standard InChI is InChI=1S/C23H20N2O5S/c1-13-11-24-23(31-13)25-20(26)12-29-17-8-9-18-19(10-17)30-14(2)21(22(18)27)15-4-6-16(28-3)7-5-15/h4-11H,12H2,1-3H3,(H,24,25,26). The zero-order chi connectivity index (χ0) is 22.0. The largest absolute Gasteiger partial charge is 0.497 e. The Balaban J connectivity index is 1.55. The van der Waals surface area contributed by atoms with Crippen molar-refractivity contribution in [3.8, 4) is 22.6 Å². The summed E-state index contributed by atoms with van der Waals surface area (Å²) in [5.74, 6) is 1.32. The number of aryl methyl sites for hydroxylation is 2. The van der Waals surface area contributed by atoms with Gasteiger partial charge in [0.05, 0.1) is 18.1 Å². The number of nitrogens with one attached hydrogen (secondary N) is 1. The minimum atomic E-state index is -0.318. The highest BCUT2D eigenvalue weighted by Crippen LogP contribution is 2.27. The van der Waals surface area contributed by atoms with Gasteiger partial charge in [-0.15, -0.1) is 11.3 Å². The van der Waals surface area contributed by atoms with Crippen molar-refractivity contribution in [2.75, 3.05) is 19.0 Å². The summed E-state index contributed by atoms with van der Waals surface area (Å²) in [6, 6.07) is 12.1. The fraction of sp³-hybridized carbons (Fsp3) is 0.174. The van der Waals surface area contributed by atoms with Crippen LogP contribution in [0.4, 0.5) is 5.13 Å². The number of rotatable bonds is 6. The molecule has 158 valence electrons. The Morgan fingerprint density at radius 2 is 1.87 bits per heavy atom. The number of amides is 1. The average Bonchev–Trinajstić information content (AvgIpc) is 3.17. The summed E-state index contributed by atoms with van der Waals surface area (Å²) in [6.07, 6.45) is 1.69. The molecule has 2 heterocycles. The summed E-state index contributed by atoms with van der Waals surface area (Å²) in [5, 5.41) is 3.65. The van der Waals surface area contributed by atoms with Crippen LogP contribution in [0.1, 0.15) is 10.6 Å². The normalized spacial score (nSPS) is 10.8. The summed E-state index contributed by atoms with van der Waals surface area (Å²) in [6.45, 7) is 3.48. The number of hydrogen-bond acceptors (Lipinski definition) is 7. The molecular formula is C23H20N2O5S. The van der Waals surface area contributed by atoms with E-state index in [0.29, 0.717) is 38.9 Å². The van der Waals surface area contributed by atoms with Crippen molar-refractivity contribution in [2.24, 2.45) is 0 Å². The highest BCUT2D eigenvalue weighted by atomic mass is 32.1. The summed E-state index contributed by atoms with van der Waals surface area (Å²) in [5.41, 5.74) is 1.52. The Labute approximate surface area is 182 Å². The van der Waals surface area contributed by atoms with Crippen LogP contribution in [0.25, 0.3) is 22.1 Å². The third-order valence-electron chi connectivity index (χ3n) is 4.66. The molecule has 0 aliphatic rings. The molecule has 0 radical (unpaired) electrons. The van der Waals surface area contributed by atoms with Gasteiger partial charge in [0.1, 0.15) is 22.8 Å². The maximum Gasteiger partial charge on any atom is 0.264 e. The van der Waals surface area contributed by atoms with Crippen LogP contribution in [0.3, 0.4) is 0 Å². The van der Waals surface area contributed by atoms with E-state index in [2.05, 4.69) is 10.3 Å². The van der Waals surface area contributed by atoms with Gasteiger partial charge in [-0.25, -0.2) is 4.98 Å². The highest BCUT2D eigenvalue weighted by Gasteiger charge is 2.15. The minimum Gasteiger partial charge on any atom is -0.497 e. The van der Waals surface area contributed by atoms with Crippen molar-refractivity contribution in [1.29, 1.82) is 0 Å². The second kappa shape index (κ2) is 8.61.